The first kappa shape index (κ1) is 29.6. The van der Waals surface area contributed by atoms with E-state index in [0.717, 1.165) is 16.6 Å². The summed E-state index contributed by atoms with van der Waals surface area (Å²) in [5, 5.41) is 18.8. The zero-order valence-electron chi connectivity index (χ0n) is 21.9. The number of aromatic nitrogens is 1. The summed E-state index contributed by atoms with van der Waals surface area (Å²) in [5.74, 6) is -2.11. The van der Waals surface area contributed by atoms with E-state index in [-0.39, 0.29) is 31.1 Å². The van der Waals surface area contributed by atoms with Crippen molar-refractivity contribution in [3.63, 3.8) is 0 Å². The molecule has 0 unspecified atom stereocenters. The van der Waals surface area contributed by atoms with Gasteiger partial charge in [-0.1, -0.05) is 57.3 Å². The van der Waals surface area contributed by atoms with Crippen molar-refractivity contribution in [3.05, 3.63) is 33.4 Å². The van der Waals surface area contributed by atoms with Crippen LogP contribution in [0.3, 0.4) is 0 Å². The summed E-state index contributed by atoms with van der Waals surface area (Å²) in [6, 6.07) is 1.34. The first-order chi connectivity index (χ1) is 17.8. The Bertz CT molecular complexity index is 1250. The van der Waals surface area contributed by atoms with Gasteiger partial charge in [0, 0.05) is 22.5 Å². The number of fused-ring (bicyclic) bond motifs is 3. The number of halogens is 2. The van der Waals surface area contributed by atoms with Crippen molar-refractivity contribution in [3.8, 4) is 0 Å². The molecule has 4 amide bonds. The normalized spacial score (nSPS) is 19.3. The Balaban J connectivity index is 2.06. The van der Waals surface area contributed by atoms with Gasteiger partial charge in [0.15, 0.2) is 0 Å². The Kier molecular flexibility index (Phi) is 9.20. The lowest BCUT2D eigenvalue weighted by Gasteiger charge is -2.39. The number of carbonyl (C=O) groups excluding carboxylic acids is 3. The average molecular weight is 569 g/mol. The number of aromatic amines is 1. The molecule has 1 aromatic carbocycles. The topological polar surface area (TPSA) is 166 Å². The minimum absolute atomic E-state index is 0.00267. The van der Waals surface area contributed by atoms with Gasteiger partial charge in [0.05, 0.1) is 10.5 Å². The summed E-state index contributed by atoms with van der Waals surface area (Å²) in [5.41, 5.74) is 6.42. The summed E-state index contributed by atoms with van der Waals surface area (Å²) < 4.78 is 0. The van der Waals surface area contributed by atoms with Gasteiger partial charge in [-0.15, -0.1) is 0 Å². The van der Waals surface area contributed by atoms with Crippen LogP contribution in [0.1, 0.15) is 58.2 Å². The molecule has 0 fully saturated rings. The second-order valence-electron chi connectivity index (χ2n) is 10.5. The predicted molar refractivity (Wildman–Crippen MR) is 146 cm³/mol. The van der Waals surface area contributed by atoms with Crippen LogP contribution in [-0.4, -0.2) is 51.5 Å². The van der Waals surface area contributed by atoms with Gasteiger partial charge in [0.1, 0.15) is 17.6 Å². The first-order valence-corrected chi connectivity index (χ1v) is 13.4. The highest BCUT2D eigenvalue weighted by Gasteiger charge is 2.46. The van der Waals surface area contributed by atoms with Crippen molar-refractivity contribution in [2.45, 2.75) is 77.4 Å². The number of hydrogen-bond donors (Lipinski definition) is 6. The SMILES string of the molecule is CC[C@H](C)[C@H](NC(=O)[C@@]1(NC(=O)[C@H](CC(C)C)NC(=O)O)CCc2[nH]c3c(Cl)cc(Cl)cc3c2C1)C(N)=O. The van der Waals surface area contributed by atoms with Gasteiger partial charge in [-0.25, -0.2) is 4.79 Å². The second kappa shape index (κ2) is 11.8. The van der Waals surface area contributed by atoms with Crippen LogP contribution < -0.4 is 21.7 Å². The van der Waals surface area contributed by atoms with E-state index in [4.69, 9.17) is 28.9 Å². The van der Waals surface area contributed by atoms with Crippen LogP contribution >= 0.6 is 23.2 Å². The number of H-pyrrole nitrogens is 1. The van der Waals surface area contributed by atoms with Crippen molar-refractivity contribution >= 4 is 57.9 Å². The third kappa shape index (κ3) is 6.35. The van der Waals surface area contributed by atoms with Crippen LogP contribution in [0.4, 0.5) is 4.79 Å². The molecule has 2 aromatic rings. The quantitative estimate of drug-likeness (QED) is 0.258. The molecule has 1 aliphatic carbocycles. The van der Waals surface area contributed by atoms with Gasteiger partial charge >= 0.3 is 6.09 Å². The van der Waals surface area contributed by atoms with Gasteiger partial charge in [0.25, 0.3) is 0 Å². The van der Waals surface area contributed by atoms with Crippen LogP contribution in [0, 0.1) is 11.8 Å². The lowest BCUT2D eigenvalue weighted by atomic mass is 9.78. The standard InChI is InChI=1S/C26H35Cl2N5O5/c1-5-13(4)20(22(29)34)32-24(36)26(33-23(35)19(8-12(2)3)31-25(37)38)7-6-18-16(11-26)15-9-14(27)10-17(28)21(15)30-18/h9-10,12-13,19-20,30-31H,5-8,11H2,1-4H3,(H2,29,34)(H,32,36)(H,33,35)(H,37,38)/t13-,19-,20-,26+/m0/s1. The summed E-state index contributed by atoms with van der Waals surface area (Å²) in [6.07, 6.45) is 0.137. The van der Waals surface area contributed by atoms with Crippen LogP contribution in [-0.2, 0) is 27.2 Å². The van der Waals surface area contributed by atoms with Crippen LogP contribution in [0.15, 0.2) is 12.1 Å². The molecule has 3 rings (SSSR count). The highest BCUT2D eigenvalue weighted by Crippen LogP contribution is 2.38. The minimum atomic E-state index is -1.48. The highest BCUT2D eigenvalue weighted by molar-refractivity contribution is 6.38. The molecule has 38 heavy (non-hydrogen) atoms. The van der Waals surface area contributed by atoms with Gasteiger partial charge < -0.3 is 31.8 Å². The molecule has 10 nitrogen and oxygen atoms in total. The number of rotatable bonds is 10. The molecule has 4 atom stereocenters. The van der Waals surface area contributed by atoms with E-state index in [0.29, 0.717) is 28.4 Å². The largest absolute Gasteiger partial charge is 0.465 e. The van der Waals surface area contributed by atoms with E-state index in [2.05, 4.69) is 20.9 Å². The van der Waals surface area contributed by atoms with Crippen molar-refractivity contribution < 1.29 is 24.3 Å². The van der Waals surface area contributed by atoms with Crippen LogP contribution in [0.25, 0.3) is 10.9 Å². The maximum absolute atomic E-state index is 13.9. The Labute approximate surface area is 231 Å². The molecule has 0 bridgehead atoms. The molecular formula is C26H35Cl2N5O5. The maximum Gasteiger partial charge on any atom is 0.405 e. The minimum Gasteiger partial charge on any atom is -0.465 e. The summed E-state index contributed by atoms with van der Waals surface area (Å²) in [6.45, 7) is 7.41. The molecule has 1 heterocycles. The van der Waals surface area contributed by atoms with E-state index in [9.17, 15) is 24.3 Å². The fraction of sp³-hybridized carbons (Fsp3) is 0.538. The lowest BCUT2D eigenvalue weighted by molar-refractivity contribution is -0.137. The average Bonchev–Trinajstić information content (AvgIpc) is 3.18. The summed E-state index contributed by atoms with van der Waals surface area (Å²) in [7, 11) is 0. The summed E-state index contributed by atoms with van der Waals surface area (Å²) in [4.78, 5) is 54.3. The Hall–Kier alpha value is -2.98. The van der Waals surface area contributed by atoms with E-state index >= 15 is 0 Å². The molecule has 0 saturated heterocycles. The van der Waals surface area contributed by atoms with Crippen LogP contribution in [0.2, 0.25) is 10.0 Å². The monoisotopic (exact) mass is 567 g/mol. The Morgan fingerprint density at radius 3 is 2.42 bits per heavy atom. The zero-order chi connectivity index (χ0) is 28.4. The fourth-order valence-electron chi connectivity index (χ4n) is 5.01. The molecule has 12 heteroatoms. The third-order valence-electron chi connectivity index (χ3n) is 7.23. The molecular weight excluding hydrogens is 533 g/mol. The van der Waals surface area contributed by atoms with Gasteiger partial charge in [-0.3, -0.25) is 14.4 Å². The lowest BCUT2D eigenvalue weighted by Crippen LogP contribution is -2.66. The first-order valence-electron chi connectivity index (χ1n) is 12.7. The predicted octanol–water partition coefficient (Wildman–Crippen LogP) is 3.52. The number of hydrogen-bond acceptors (Lipinski definition) is 4. The third-order valence-corrected chi connectivity index (χ3v) is 7.74. The van der Waals surface area contributed by atoms with E-state index in [1.807, 2.05) is 20.8 Å². The number of carboxylic acid groups (broad SMARTS) is 1. The van der Waals surface area contributed by atoms with Gasteiger partial charge in [-0.05, 0) is 48.8 Å². The number of benzene rings is 1. The second-order valence-corrected chi connectivity index (χ2v) is 11.4. The zero-order valence-corrected chi connectivity index (χ0v) is 23.4. The number of nitrogens with two attached hydrogens (primary N) is 1. The van der Waals surface area contributed by atoms with Gasteiger partial charge in [-0.2, -0.15) is 0 Å². The van der Waals surface area contributed by atoms with Crippen molar-refractivity contribution in [1.82, 2.24) is 20.9 Å². The number of primary amides is 1. The fourth-order valence-corrected chi connectivity index (χ4v) is 5.55. The molecule has 0 saturated carbocycles. The van der Waals surface area contributed by atoms with Gasteiger partial charge in [0.2, 0.25) is 17.7 Å². The number of nitrogens with one attached hydrogen (secondary N) is 4. The Morgan fingerprint density at radius 1 is 1.16 bits per heavy atom. The number of amides is 4. The number of aryl methyl sites for hydroxylation is 1. The maximum atomic E-state index is 13.9. The molecule has 208 valence electrons. The molecule has 1 aromatic heterocycles. The van der Waals surface area contributed by atoms with E-state index in [1.165, 1.54) is 0 Å². The van der Waals surface area contributed by atoms with Crippen LogP contribution in [0.5, 0.6) is 0 Å². The number of carbonyl (C=O) groups is 4. The molecule has 7 N–H and O–H groups in total. The smallest absolute Gasteiger partial charge is 0.405 e. The van der Waals surface area contributed by atoms with Crippen molar-refractivity contribution in [1.29, 1.82) is 0 Å². The highest BCUT2D eigenvalue weighted by atomic mass is 35.5. The van der Waals surface area contributed by atoms with Crippen molar-refractivity contribution in [2.75, 3.05) is 0 Å². The Morgan fingerprint density at radius 2 is 1.84 bits per heavy atom. The van der Waals surface area contributed by atoms with Crippen molar-refractivity contribution in [2.24, 2.45) is 17.6 Å². The van der Waals surface area contributed by atoms with E-state index < -0.39 is 41.4 Å². The molecule has 0 radical (unpaired) electrons. The summed E-state index contributed by atoms with van der Waals surface area (Å²) >= 11 is 12.7. The molecule has 0 spiro atoms. The molecule has 0 aliphatic heterocycles. The van der Waals surface area contributed by atoms with E-state index in [1.54, 1.807) is 19.1 Å². The molecule has 1 aliphatic rings.